The first-order valence-electron chi connectivity index (χ1n) is 9.92. The quantitative estimate of drug-likeness (QED) is 0.771. The topological polar surface area (TPSA) is 66.4 Å². The van der Waals surface area contributed by atoms with Crippen LogP contribution in [0, 0.1) is 0 Å². The molecule has 29 heavy (non-hydrogen) atoms. The van der Waals surface area contributed by atoms with E-state index in [0.29, 0.717) is 0 Å². The molecule has 6 heteroatoms. The van der Waals surface area contributed by atoms with Crippen molar-refractivity contribution >= 4 is 0 Å². The summed E-state index contributed by atoms with van der Waals surface area (Å²) in [6.07, 6.45) is -3.16. The molecule has 5 atom stereocenters. The van der Waals surface area contributed by atoms with E-state index >= 15 is 0 Å². The van der Waals surface area contributed by atoms with E-state index < -0.39 is 30.4 Å². The van der Waals surface area contributed by atoms with E-state index in [9.17, 15) is 5.11 Å². The molecule has 2 fully saturated rings. The van der Waals surface area contributed by atoms with E-state index in [2.05, 4.69) is 0 Å². The predicted octanol–water partition coefficient (Wildman–Crippen LogP) is 3.04. The van der Waals surface area contributed by atoms with Gasteiger partial charge in [-0.1, -0.05) is 60.7 Å². The number of hydrogen-bond acceptors (Lipinski definition) is 6. The van der Waals surface area contributed by atoms with Crippen LogP contribution in [0.1, 0.15) is 31.1 Å². The maximum Gasteiger partial charge on any atom is 0.190 e. The lowest BCUT2D eigenvalue weighted by Gasteiger charge is -2.28. The number of fused-ring (bicyclic) bond motifs is 1. The molecule has 0 bridgehead atoms. The highest BCUT2D eigenvalue weighted by atomic mass is 16.8. The molecule has 2 heterocycles. The Labute approximate surface area is 171 Å². The minimum atomic E-state index is -0.893. The maximum atomic E-state index is 10.8. The van der Waals surface area contributed by atoms with Crippen LogP contribution in [0.2, 0.25) is 0 Å². The van der Waals surface area contributed by atoms with Gasteiger partial charge in [-0.25, -0.2) is 0 Å². The Bertz CT molecular complexity index is 741. The Morgan fingerprint density at radius 1 is 0.966 bits per heavy atom. The molecular formula is C23H28O6. The number of ether oxygens (including phenoxy) is 5. The van der Waals surface area contributed by atoms with Crippen molar-refractivity contribution in [1.82, 2.24) is 0 Å². The molecule has 2 aliphatic heterocycles. The van der Waals surface area contributed by atoms with Crippen LogP contribution in [0.15, 0.2) is 60.7 Å². The van der Waals surface area contributed by atoms with Gasteiger partial charge < -0.3 is 28.8 Å². The van der Waals surface area contributed by atoms with Gasteiger partial charge in [-0.15, -0.1) is 0 Å². The Morgan fingerprint density at radius 2 is 1.55 bits per heavy atom. The summed E-state index contributed by atoms with van der Waals surface area (Å²) in [4.78, 5) is 0. The largest absolute Gasteiger partial charge is 0.388 e. The zero-order chi connectivity index (χ0) is 20.4. The number of methoxy groups -OCH3 is 1. The third-order valence-corrected chi connectivity index (χ3v) is 5.32. The molecule has 4 rings (SSSR count). The number of benzene rings is 2. The van der Waals surface area contributed by atoms with Crippen LogP contribution < -0.4 is 0 Å². The second-order valence-corrected chi connectivity index (χ2v) is 7.87. The average Bonchev–Trinajstić information content (AvgIpc) is 3.21. The minimum absolute atomic E-state index is 0.0851. The zero-order valence-electron chi connectivity index (χ0n) is 16.9. The molecule has 0 amide bonds. The molecular weight excluding hydrogens is 372 g/mol. The Hall–Kier alpha value is -1.80. The van der Waals surface area contributed by atoms with Crippen LogP contribution in [-0.4, -0.2) is 55.3 Å². The number of aliphatic hydroxyl groups is 1. The molecule has 0 radical (unpaired) electrons. The highest BCUT2D eigenvalue weighted by Gasteiger charge is 2.56. The molecule has 2 aliphatic rings. The first kappa shape index (κ1) is 20.5. The Balaban J connectivity index is 1.45. The van der Waals surface area contributed by atoms with Gasteiger partial charge in [-0.2, -0.15) is 0 Å². The van der Waals surface area contributed by atoms with Gasteiger partial charge >= 0.3 is 0 Å². The van der Waals surface area contributed by atoms with E-state index in [1.54, 1.807) is 7.11 Å². The first-order valence-corrected chi connectivity index (χ1v) is 9.92. The molecule has 0 aliphatic carbocycles. The highest BCUT2D eigenvalue weighted by molar-refractivity contribution is 5.29. The molecule has 6 nitrogen and oxygen atoms in total. The standard InChI is InChI=1S/C23H28O6/c1-23(2)28-21-20(25-3)19(27-22(21)29-23)17(24)14-26-18(15-10-6-4-7-11-15)16-12-8-5-9-13-16/h4-13,17-22,24H,14H2,1-3H3/t17-,19?,20+,21-,22-/m1/s1. The number of hydrogen-bond donors (Lipinski definition) is 1. The molecule has 1 N–H and O–H groups in total. The van der Waals surface area contributed by atoms with E-state index in [0.717, 1.165) is 11.1 Å². The molecule has 156 valence electrons. The van der Waals surface area contributed by atoms with Crippen LogP contribution in [-0.2, 0) is 23.7 Å². The van der Waals surface area contributed by atoms with Crippen LogP contribution in [0.25, 0.3) is 0 Å². The molecule has 0 spiro atoms. The van der Waals surface area contributed by atoms with Gasteiger partial charge in [-0.05, 0) is 25.0 Å². The van der Waals surface area contributed by atoms with Crippen LogP contribution >= 0.6 is 0 Å². The van der Waals surface area contributed by atoms with Crippen molar-refractivity contribution in [2.24, 2.45) is 0 Å². The lowest BCUT2D eigenvalue weighted by Crippen LogP contribution is -2.44. The molecule has 2 aromatic carbocycles. The van der Waals surface area contributed by atoms with Crippen LogP contribution in [0.4, 0.5) is 0 Å². The summed E-state index contributed by atoms with van der Waals surface area (Å²) in [5.74, 6) is -0.732. The monoisotopic (exact) mass is 400 g/mol. The molecule has 0 saturated carbocycles. The van der Waals surface area contributed by atoms with Crippen molar-refractivity contribution in [3.05, 3.63) is 71.8 Å². The van der Waals surface area contributed by atoms with Crippen molar-refractivity contribution in [3.63, 3.8) is 0 Å². The summed E-state index contributed by atoms with van der Waals surface area (Å²) in [5, 5.41) is 10.8. The third-order valence-electron chi connectivity index (χ3n) is 5.32. The summed E-state index contributed by atoms with van der Waals surface area (Å²) < 4.78 is 29.4. The first-order chi connectivity index (χ1) is 14.0. The number of rotatable bonds is 7. The molecule has 2 aromatic rings. The van der Waals surface area contributed by atoms with Crippen molar-refractivity contribution in [3.8, 4) is 0 Å². The van der Waals surface area contributed by atoms with Gasteiger partial charge in [0, 0.05) is 7.11 Å². The predicted molar refractivity (Wildman–Crippen MR) is 106 cm³/mol. The molecule has 1 unspecified atom stereocenters. The zero-order valence-corrected chi connectivity index (χ0v) is 16.9. The smallest absolute Gasteiger partial charge is 0.190 e. The summed E-state index contributed by atoms with van der Waals surface area (Å²) in [6, 6.07) is 19.9. The van der Waals surface area contributed by atoms with Crippen molar-refractivity contribution in [2.45, 2.75) is 56.4 Å². The normalized spacial score (nSPS) is 29.1. The molecule has 2 saturated heterocycles. The fourth-order valence-electron chi connectivity index (χ4n) is 4.01. The summed E-state index contributed by atoms with van der Waals surface area (Å²) in [5.41, 5.74) is 2.04. The van der Waals surface area contributed by atoms with Gasteiger partial charge in [0.15, 0.2) is 12.1 Å². The van der Waals surface area contributed by atoms with E-state index in [4.69, 9.17) is 23.7 Å². The van der Waals surface area contributed by atoms with Crippen molar-refractivity contribution in [2.75, 3.05) is 13.7 Å². The lowest BCUT2D eigenvalue weighted by molar-refractivity contribution is -0.230. The van der Waals surface area contributed by atoms with Gasteiger partial charge in [-0.3, -0.25) is 0 Å². The van der Waals surface area contributed by atoms with Gasteiger partial charge in [0.2, 0.25) is 0 Å². The lowest BCUT2D eigenvalue weighted by atomic mass is 10.0. The Morgan fingerprint density at radius 3 is 2.10 bits per heavy atom. The van der Waals surface area contributed by atoms with E-state index in [-0.39, 0.29) is 18.8 Å². The maximum absolute atomic E-state index is 10.8. The fraction of sp³-hybridized carbons (Fsp3) is 0.478. The molecule has 0 aromatic heterocycles. The Kier molecular flexibility index (Phi) is 6.01. The van der Waals surface area contributed by atoms with Gasteiger partial charge in [0.1, 0.15) is 30.5 Å². The van der Waals surface area contributed by atoms with Gasteiger partial charge in [0.05, 0.1) is 6.61 Å². The second-order valence-electron chi connectivity index (χ2n) is 7.87. The summed E-state index contributed by atoms with van der Waals surface area (Å²) in [6.45, 7) is 3.75. The summed E-state index contributed by atoms with van der Waals surface area (Å²) >= 11 is 0. The SMILES string of the molecule is CO[C@H]1C([C@H](O)COC(c2ccccc2)c2ccccc2)O[C@@H]2OC(C)(C)O[C@@H]21. The van der Waals surface area contributed by atoms with Crippen LogP contribution in [0.3, 0.4) is 0 Å². The summed E-state index contributed by atoms with van der Waals surface area (Å²) in [7, 11) is 1.59. The van der Waals surface area contributed by atoms with Crippen molar-refractivity contribution < 1.29 is 28.8 Å². The number of aliphatic hydroxyl groups excluding tert-OH is 1. The van der Waals surface area contributed by atoms with E-state index in [1.807, 2.05) is 74.5 Å². The average molecular weight is 400 g/mol. The van der Waals surface area contributed by atoms with Crippen molar-refractivity contribution in [1.29, 1.82) is 0 Å². The van der Waals surface area contributed by atoms with Crippen LogP contribution in [0.5, 0.6) is 0 Å². The third kappa shape index (κ3) is 4.38. The highest BCUT2D eigenvalue weighted by Crippen LogP contribution is 2.39. The second kappa shape index (κ2) is 8.52. The minimum Gasteiger partial charge on any atom is -0.388 e. The van der Waals surface area contributed by atoms with E-state index in [1.165, 1.54) is 0 Å². The fourth-order valence-corrected chi connectivity index (χ4v) is 4.01. The van der Waals surface area contributed by atoms with Gasteiger partial charge in [0.25, 0.3) is 0 Å².